The van der Waals surface area contributed by atoms with Gasteiger partial charge in [-0.15, -0.1) is 0 Å². The fourth-order valence-electron chi connectivity index (χ4n) is 1.59. The molecule has 14 heavy (non-hydrogen) atoms. The van der Waals surface area contributed by atoms with E-state index in [4.69, 9.17) is 5.11 Å². The predicted molar refractivity (Wildman–Crippen MR) is 61.3 cm³/mol. The van der Waals surface area contributed by atoms with E-state index in [2.05, 4.69) is 44.9 Å². The van der Waals surface area contributed by atoms with Gasteiger partial charge in [0.15, 0.2) is 0 Å². The number of aliphatic hydroxyl groups excluding tert-OH is 1. The average molecular weight is 254 g/mol. The molecule has 1 aromatic heterocycles. The summed E-state index contributed by atoms with van der Waals surface area (Å²) >= 11 is 3.46. The molecule has 1 aromatic carbocycles. The van der Waals surface area contributed by atoms with Crippen LogP contribution in [0.1, 0.15) is 6.42 Å². The Bertz CT molecular complexity index is 436. The second kappa shape index (κ2) is 4.15. The quantitative estimate of drug-likeness (QED) is 0.895. The van der Waals surface area contributed by atoms with Gasteiger partial charge < -0.3 is 9.67 Å². The highest BCUT2D eigenvalue weighted by Crippen LogP contribution is 2.20. The Balaban J connectivity index is 2.40. The number of aryl methyl sites for hydroxylation is 1. The van der Waals surface area contributed by atoms with E-state index in [9.17, 15) is 0 Å². The molecular formula is C11H12BrNO. The molecule has 0 aliphatic rings. The van der Waals surface area contributed by atoms with Gasteiger partial charge in [0.1, 0.15) is 0 Å². The fraction of sp³-hybridized carbons (Fsp3) is 0.273. The summed E-state index contributed by atoms with van der Waals surface area (Å²) in [4.78, 5) is 0. The van der Waals surface area contributed by atoms with Crippen LogP contribution in [0.2, 0.25) is 0 Å². The summed E-state index contributed by atoms with van der Waals surface area (Å²) in [6.45, 7) is 1.12. The molecule has 2 nitrogen and oxygen atoms in total. The molecule has 0 fully saturated rings. The van der Waals surface area contributed by atoms with Gasteiger partial charge in [0.05, 0.1) is 0 Å². The van der Waals surface area contributed by atoms with Crippen LogP contribution in [0.4, 0.5) is 0 Å². The highest BCUT2D eigenvalue weighted by molar-refractivity contribution is 9.10. The van der Waals surface area contributed by atoms with E-state index in [1.54, 1.807) is 0 Å². The van der Waals surface area contributed by atoms with E-state index >= 15 is 0 Å². The minimum atomic E-state index is 0.244. The van der Waals surface area contributed by atoms with Gasteiger partial charge in [-0.2, -0.15) is 0 Å². The highest BCUT2D eigenvalue weighted by atomic mass is 79.9. The minimum absolute atomic E-state index is 0.244. The highest BCUT2D eigenvalue weighted by Gasteiger charge is 2.00. The number of benzene rings is 1. The molecule has 0 radical (unpaired) electrons. The van der Waals surface area contributed by atoms with Crippen LogP contribution >= 0.6 is 15.9 Å². The van der Waals surface area contributed by atoms with Crippen molar-refractivity contribution in [1.82, 2.24) is 4.57 Å². The van der Waals surface area contributed by atoms with Crippen molar-refractivity contribution in [3.8, 4) is 0 Å². The van der Waals surface area contributed by atoms with Gasteiger partial charge in [-0.05, 0) is 30.0 Å². The van der Waals surface area contributed by atoms with Gasteiger partial charge in [0.2, 0.25) is 0 Å². The van der Waals surface area contributed by atoms with Crippen molar-refractivity contribution in [3.05, 3.63) is 34.9 Å². The number of rotatable bonds is 3. The summed E-state index contributed by atoms with van der Waals surface area (Å²) in [5.74, 6) is 0. The summed E-state index contributed by atoms with van der Waals surface area (Å²) in [6.07, 6.45) is 2.86. The zero-order valence-corrected chi connectivity index (χ0v) is 9.37. The van der Waals surface area contributed by atoms with Crippen LogP contribution in [0.3, 0.4) is 0 Å². The van der Waals surface area contributed by atoms with Crippen LogP contribution in [-0.4, -0.2) is 16.3 Å². The molecule has 2 rings (SSSR count). The number of aliphatic hydroxyl groups is 1. The molecule has 74 valence electrons. The molecule has 0 bridgehead atoms. The maximum Gasteiger partial charge on any atom is 0.0491 e. The third kappa shape index (κ3) is 1.83. The van der Waals surface area contributed by atoms with Crippen LogP contribution in [0.25, 0.3) is 10.9 Å². The number of hydrogen-bond donors (Lipinski definition) is 1. The van der Waals surface area contributed by atoms with Crippen molar-refractivity contribution >= 4 is 26.8 Å². The van der Waals surface area contributed by atoms with Crippen LogP contribution in [0.5, 0.6) is 0 Å². The molecule has 0 aliphatic carbocycles. The summed E-state index contributed by atoms with van der Waals surface area (Å²) in [7, 11) is 0. The van der Waals surface area contributed by atoms with Crippen LogP contribution < -0.4 is 0 Å². The lowest BCUT2D eigenvalue weighted by atomic mass is 10.2. The lowest BCUT2D eigenvalue weighted by molar-refractivity contribution is 0.280. The normalized spacial score (nSPS) is 11.0. The molecule has 1 N–H and O–H groups in total. The van der Waals surface area contributed by atoms with Crippen molar-refractivity contribution in [2.75, 3.05) is 6.61 Å². The Morgan fingerprint density at radius 1 is 1.29 bits per heavy atom. The van der Waals surface area contributed by atoms with Crippen molar-refractivity contribution in [2.24, 2.45) is 0 Å². The van der Waals surface area contributed by atoms with Gasteiger partial charge in [-0.3, -0.25) is 0 Å². The zero-order chi connectivity index (χ0) is 9.97. The standard InChI is InChI=1S/C11H12BrNO/c12-10-3-2-9-4-6-13(5-1-7-14)11(9)8-10/h2-4,6,8,14H,1,5,7H2. The van der Waals surface area contributed by atoms with Gasteiger partial charge in [0, 0.05) is 29.3 Å². The van der Waals surface area contributed by atoms with E-state index in [1.807, 2.05) is 6.07 Å². The smallest absolute Gasteiger partial charge is 0.0491 e. The van der Waals surface area contributed by atoms with Crippen molar-refractivity contribution in [2.45, 2.75) is 13.0 Å². The zero-order valence-electron chi connectivity index (χ0n) is 7.78. The average Bonchev–Trinajstić information content (AvgIpc) is 2.57. The molecule has 0 aliphatic heterocycles. The van der Waals surface area contributed by atoms with Gasteiger partial charge in [-0.25, -0.2) is 0 Å². The van der Waals surface area contributed by atoms with E-state index in [-0.39, 0.29) is 6.61 Å². The van der Waals surface area contributed by atoms with Gasteiger partial charge >= 0.3 is 0 Å². The molecule has 3 heteroatoms. The minimum Gasteiger partial charge on any atom is -0.396 e. The van der Waals surface area contributed by atoms with Gasteiger partial charge in [-0.1, -0.05) is 22.0 Å². The monoisotopic (exact) mass is 253 g/mol. The Kier molecular flexibility index (Phi) is 2.89. The Morgan fingerprint density at radius 3 is 2.93 bits per heavy atom. The molecule has 0 saturated carbocycles. The van der Waals surface area contributed by atoms with E-state index < -0.39 is 0 Å². The largest absolute Gasteiger partial charge is 0.396 e. The summed E-state index contributed by atoms with van der Waals surface area (Å²) in [5.41, 5.74) is 1.22. The molecule has 0 saturated heterocycles. The molecule has 0 atom stereocenters. The van der Waals surface area contributed by atoms with Crippen LogP contribution in [0.15, 0.2) is 34.9 Å². The third-order valence-corrected chi connectivity index (χ3v) is 2.79. The van der Waals surface area contributed by atoms with Gasteiger partial charge in [0.25, 0.3) is 0 Å². The first-order valence-corrected chi connectivity index (χ1v) is 5.46. The maximum atomic E-state index is 8.77. The van der Waals surface area contributed by atoms with Crippen LogP contribution in [0, 0.1) is 0 Å². The summed E-state index contributed by atoms with van der Waals surface area (Å²) in [5, 5.41) is 10.0. The fourth-order valence-corrected chi connectivity index (χ4v) is 1.94. The molecule has 2 aromatic rings. The second-order valence-electron chi connectivity index (χ2n) is 3.29. The summed E-state index contributed by atoms with van der Waals surface area (Å²) in [6, 6.07) is 8.33. The second-order valence-corrected chi connectivity index (χ2v) is 4.21. The lowest BCUT2D eigenvalue weighted by Gasteiger charge is -2.03. The number of halogens is 1. The maximum absolute atomic E-state index is 8.77. The van der Waals surface area contributed by atoms with E-state index in [0.29, 0.717) is 0 Å². The third-order valence-electron chi connectivity index (χ3n) is 2.29. The number of fused-ring (bicyclic) bond motifs is 1. The predicted octanol–water partition coefficient (Wildman–Crippen LogP) is 2.79. The number of hydrogen-bond acceptors (Lipinski definition) is 1. The molecule has 1 heterocycles. The van der Waals surface area contributed by atoms with Crippen molar-refractivity contribution in [3.63, 3.8) is 0 Å². The van der Waals surface area contributed by atoms with E-state index in [1.165, 1.54) is 10.9 Å². The summed E-state index contributed by atoms with van der Waals surface area (Å²) < 4.78 is 3.25. The topological polar surface area (TPSA) is 25.2 Å². The number of aromatic nitrogens is 1. The van der Waals surface area contributed by atoms with Crippen molar-refractivity contribution < 1.29 is 5.11 Å². The first kappa shape index (κ1) is 9.74. The molecule has 0 amide bonds. The molecule has 0 spiro atoms. The van der Waals surface area contributed by atoms with Crippen LogP contribution in [-0.2, 0) is 6.54 Å². The van der Waals surface area contributed by atoms with Crippen molar-refractivity contribution in [1.29, 1.82) is 0 Å². The molecule has 0 unspecified atom stereocenters. The first-order valence-electron chi connectivity index (χ1n) is 4.66. The first-order chi connectivity index (χ1) is 6.81. The van der Waals surface area contributed by atoms with E-state index in [0.717, 1.165) is 17.4 Å². The lowest BCUT2D eigenvalue weighted by Crippen LogP contribution is -1.97. The number of nitrogens with zero attached hydrogens (tertiary/aromatic N) is 1. The Morgan fingerprint density at radius 2 is 2.14 bits per heavy atom. The Hall–Kier alpha value is -0.800. The Labute approximate surface area is 91.3 Å². The molecular weight excluding hydrogens is 242 g/mol. The SMILES string of the molecule is OCCCn1ccc2ccc(Br)cc21.